The molecule has 0 atom stereocenters. The molecule has 0 unspecified atom stereocenters. The van der Waals surface area contributed by atoms with E-state index in [4.69, 9.17) is 18.9 Å². The lowest BCUT2D eigenvalue weighted by Crippen LogP contribution is -2.09. The van der Waals surface area contributed by atoms with E-state index in [0.717, 1.165) is 22.0 Å². The Hall–Kier alpha value is -4.85. The molecule has 0 aliphatic carbocycles. The number of aromatic hydroxyl groups is 1. The van der Waals surface area contributed by atoms with Crippen LogP contribution in [-0.4, -0.2) is 44.0 Å². The van der Waals surface area contributed by atoms with Gasteiger partial charge >= 0.3 is 0 Å². The standard InChI is InChI=1S/C30H30N2O6/c1-32-18-21(22-8-6-7-9-23(22)32)13-15-27(33)31-28-20(12-14-24(35-2)29(28)34)11-10-19-16-25(36-3)30(38-5)26(17-19)37-4/h6-18,34H,1-5H3,(H,31,33)/b11-10+,15-13+. The van der Waals surface area contributed by atoms with E-state index in [1.807, 2.05) is 48.2 Å². The Morgan fingerprint density at radius 2 is 1.53 bits per heavy atom. The molecule has 1 amide bonds. The van der Waals surface area contributed by atoms with Crippen molar-refractivity contribution in [3.05, 3.63) is 77.5 Å². The highest BCUT2D eigenvalue weighted by atomic mass is 16.5. The average Bonchev–Trinajstić information content (AvgIpc) is 3.26. The fourth-order valence-electron chi connectivity index (χ4n) is 4.24. The summed E-state index contributed by atoms with van der Waals surface area (Å²) in [6, 6.07) is 14.9. The summed E-state index contributed by atoms with van der Waals surface area (Å²) in [5.74, 6) is 1.17. The summed E-state index contributed by atoms with van der Waals surface area (Å²) in [5.41, 5.74) is 3.54. The van der Waals surface area contributed by atoms with Gasteiger partial charge in [-0.25, -0.2) is 0 Å². The number of benzene rings is 3. The van der Waals surface area contributed by atoms with Gasteiger partial charge in [0.05, 0.1) is 34.1 Å². The molecule has 196 valence electrons. The summed E-state index contributed by atoms with van der Waals surface area (Å²) >= 11 is 0. The Morgan fingerprint density at radius 3 is 2.18 bits per heavy atom. The molecular formula is C30H30N2O6. The van der Waals surface area contributed by atoms with Crippen molar-refractivity contribution in [3.8, 4) is 28.7 Å². The van der Waals surface area contributed by atoms with Crippen LogP contribution in [0.15, 0.2) is 60.8 Å². The third-order valence-corrected chi connectivity index (χ3v) is 6.13. The molecule has 2 N–H and O–H groups in total. The molecule has 1 heterocycles. The second-order valence-electron chi connectivity index (χ2n) is 8.41. The van der Waals surface area contributed by atoms with Gasteiger partial charge in [-0.15, -0.1) is 0 Å². The number of anilines is 1. The number of nitrogens with zero attached hydrogens (tertiary/aromatic N) is 1. The van der Waals surface area contributed by atoms with Crippen LogP contribution < -0.4 is 24.3 Å². The fraction of sp³-hybridized carbons (Fsp3) is 0.167. The number of aryl methyl sites for hydroxylation is 1. The Morgan fingerprint density at radius 1 is 0.842 bits per heavy atom. The molecule has 0 saturated heterocycles. The fourth-order valence-corrected chi connectivity index (χ4v) is 4.24. The number of nitrogens with one attached hydrogen (secondary N) is 1. The van der Waals surface area contributed by atoms with Crippen LogP contribution in [-0.2, 0) is 11.8 Å². The van der Waals surface area contributed by atoms with E-state index < -0.39 is 5.91 Å². The molecule has 0 radical (unpaired) electrons. The van der Waals surface area contributed by atoms with Gasteiger partial charge in [0, 0.05) is 41.4 Å². The van der Waals surface area contributed by atoms with Crippen molar-refractivity contribution in [1.29, 1.82) is 0 Å². The first-order valence-corrected chi connectivity index (χ1v) is 11.8. The first kappa shape index (κ1) is 26.2. The van der Waals surface area contributed by atoms with Crippen LogP contribution >= 0.6 is 0 Å². The number of phenols is 1. The molecule has 0 aliphatic rings. The zero-order valence-electron chi connectivity index (χ0n) is 21.9. The van der Waals surface area contributed by atoms with E-state index in [1.165, 1.54) is 13.2 Å². The number of para-hydroxylation sites is 1. The van der Waals surface area contributed by atoms with E-state index >= 15 is 0 Å². The van der Waals surface area contributed by atoms with Crippen LogP contribution in [0.3, 0.4) is 0 Å². The van der Waals surface area contributed by atoms with Crippen LogP contribution in [0.25, 0.3) is 29.1 Å². The van der Waals surface area contributed by atoms with Gasteiger partial charge in [-0.05, 0) is 42.0 Å². The molecule has 8 nitrogen and oxygen atoms in total. The lowest BCUT2D eigenvalue weighted by Gasteiger charge is -2.14. The number of hydrogen-bond acceptors (Lipinski definition) is 6. The predicted molar refractivity (Wildman–Crippen MR) is 150 cm³/mol. The third kappa shape index (κ3) is 5.29. The molecular weight excluding hydrogens is 484 g/mol. The highest BCUT2D eigenvalue weighted by molar-refractivity contribution is 6.06. The van der Waals surface area contributed by atoms with Crippen LogP contribution in [0.5, 0.6) is 28.7 Å². The molecule has 4 rings (SSSR count). The number of carbonyl (C=O) groups is 1. The number of amides is 1. The molecule has 38 heavy (non-hydrogen) atoms. The maximum absolute atomic E-state index is 12.9. The van der Waals surface area contributed by atoms with Gasteiger partial charge in [-0.1, -0.05) is 30.4 Å². The average molecular weight is 515 g/mol. The minimum absolute atomic E-state index is 0.175. The minimum Gasteiger partial charge on any atom is -0.503 e. The van der Waals surface area contributed by atoms with Crippen molar-refractivity contribution in [2.75, 3.05) is 33.8 Å². The van der Waals surface area contributed by atoms with Gasteiger partial charge < -0.3 is 33.9 Å². The van der Waals surface area contributed by atoms with Gasteiger partial charge in [0.15, 0.2) is 23.0 Å². The number of hydrogen-bond donors (Lipinski definition) is 2. The largest absolute Gasteiger partial charge is 0.503 e. The molecule has 0 spiro atoms. The summed E-state index contributed by atoms with van der Waals surface area (Å²) in [4.78, 5) is 12.9. The van der Waals surface area contributed by atoms with E-state index in [9.17, 15) is 9.90 Å². The summed E-state index contributed by atoms with van der Waals surface area (Å²) in [6.07, 6.45) is 8.73. The van der Waals surface area contributed by atoms with Crippen LogP contribution in [0.1, 0.15) is 16.7 Å². The molecule has 0 aliphatic heterocycles. The Labute approximate surface area is 221 Å². The van der Waals surface area contributed by atoms with E-state index in [1.54, 1.807) is 57.7 Å². The smallest absolute Gasteiger partial charge is 0.248 e. The van der Waals surface area contributed by atoms with Gasteiger partial charge in [0.25, 0.3) is 0 Å². The highest BCUT2D eigenvalue weighted by Gasteiger charge is 2.15. The summed E-state index contributed by atoms with van der Waals surface area (Å²) in [6.45, 7) is 0. The van der Waals surface area contributed by atoms with Crippen molar-refractivity contribution in [3.63, 3.8) is 0 Å². The topological polar surface area (TPSA) is 91.2 Å². The number of rotatable bonds is 9. The van der Waals surface area contributed by atoms with Gasteiger partial charge in [0.1, 0.15) is 0 Å². The molecule has 1 aromatic heterocycles. The normalized spacial score (nSPS) is 11.3. The highest BCUT2D eigenvalue weighted by Crippen LogP contribution is 2.40. The molecule has 8 heteroatoms. The number of phenolic OH excluding ortho intramolecular Hbond substituents is 1. The van der Waals surface area contributed by atoms with E-state index in [-0.39, 0.29) is 17.2 Å². The summed E-state index contributed by atoms with van der Waals surface area (Å²) < 4.78 is 23.5. The number of carbonyl (C=O) groups excluding carboxylic acids is 1. The Balaban J connectivity index is 1.64. The van der Waals surface area contributed by atoms with Crippen LogP contribution in [0.4, 0.5) is 5.69 Å². The third-order valence-electron chi connectivity index (χ3n) is 6.13. The molecule has 3 aromatic carbocycles. The SMILES string of the molecule is COc1ccc(/C=C/c2cc(OC)c(OC)c(OC)c2)c(NC(=O)/C=C/c2cn(C)c3ccccc23)c1O. The van der Waals surface area contributed by atoms with Gasteiger partial charge in [-0.3, -0.25) is 4.79 Å². The second kappa shape index (κ2) is 11.5. The number of aromatic nitrogens is 1. The van der Waals surface area contributed by atoms with Crippen molar-refractivity contribution < 1.29 is 28.8 Å². The van der Waals surface area contributed by atoms with Gasteiger partial charge in [0.2, 0.25) is 11.7 Å². The van der Waals surface area contributed by atoms with Crippen LogP contribution in [0.2, 0.25) is 0 Å². The molecule has 0 fully saturated rings. The first-order chi connectivity index (χ1) is 18.4. The second-order valence-corrected chi connectivity index (χ2v) is 8.41. The van der Waals surface area contributed by atoms with Crippen molar-refractivity contribution >= 4 is 40.7 Å². The Bertz CT molecular complexity index is 1510. The first-order valence-electron chi connectivity index (χ1n) is 11.8. The Kier molecular flexibility index (Phi) is 7.91. The van der Waals surface area contributed by atoms with Crippen molar-refractivity contribution in [2.24, 2.45) is 7.05 Å². The summed E-state index contributed by atoms with van der Waals surface area (Å²) in [5, 5.41) is 14.7. The monoisotopic (exact) mass is 514 g/mol. The van der Waals surface area contributed by atoms with E-state index in [0.29, 0.717) is 22.8 Å². The number of methoxy groups -OCH3 is 4. The van der Waals surface area contributed by atoms with Crippen molar-refractivity contribution in [2.45, 2.75) is 0 Å². The minimum atomic E-state index is -0.399. The van der Waals surface area contributed by atoms with Crippen LogP contribution in [0, 0.1) is 0 Å². The molecule has 0 bridgehead atoms. The zero-order valence-corrected chi connectivity index (χ0v) is 21.9. The molecule has 0 saturated carbocycles. The predicted octanol–water partition coefficient (Wildman–Crippen LogP) is 5.74. The number of fused-ring (bicyclic) bond motifs is 1. The number of ether oxygens (including phenoxy) is 4. The maximum atomic E-state index is 12.9. The maximum Gasteiger partial charge on any atom is 0.248 e. The van der Waals surface area contributed by atoms with Crippen molar-refractivity contribution in [1.82, 2.24) is 4.57 Å². The van der Waals surface area contributed by atoms with E-state index in [2.05, 4.69) is 5.32 Å². The van der Waals surface area contributed by atoms with Gasteiger partial charge in [-0.2, -0.15) is 0 Å². The quantitative estimate of drug-likeness (QED) is 0.168. The molecule has 4 aromatic rings. The lowest BCUT2D eigenvalue weighted by atomic mass is 10.1. The summed E-state index contributed by atoms with van der Waals surface area (Å²) in [7, 11) is 8.05. The zero-order chi connectivity index (χ0) is 27.2. The lowest BCUT2D eigenvalue weighted by molar-refractivity contribution is -0.111.